The number of hydrogen-bond acceptors (Lipinski definition) is 4. The molecule has 1 aromatic carbocycles. The molecule has 0 aliphatic rings. The van der Waals surface area contributed by atoms with Gasteiger partial charge in [-0.1, -0.05) is 17.3 Å². The number of benzene rings is 1. The summed E-state index contributed by atoms with van der Waals surface area (Å²) in [6, 6.07) is 11.9. The summed E-state index contributed by atoms with van der Waals surface area (Å²) >= 11 is 0. The third-order valence-corrected chi connectivity index (χ3v) is 2.83. The van der Waals surface area contributed by atoms with Crippen LogP contribution in [0.5, 0.6) is 0 Å². The highest BCUT2D eigenvalue weighted by atomic mass is 16.5. The van der Waals surface area contributed by atoms with Crippen molar-refractivity contribution in [3.63, 3.8) is 0 Å². The molecule has 0 bridgehead atoms. The van der Waals surface area contributed by atoms with E-state index in [1.807, 2.05) is 36.4 Å². The molecule has 90 valence electrons. The number of aromatic nitrogens is 2. The van der Waals surface area contributed by atoms with Gasteiger partial charge in [0.2, 0.25) is 0 Å². The summed E-state index contributed by atoms with van der Waals surface area (Å²) in [7, 11) is 0. The molecular weight excluding hydrogens is 226 g/mol. The average Bonchev–Trinajstić information content (AvgIpc) is 2.84. The lowest BCUT2D eigenvalue weighted by Crippen LogP contribution is -2.05. The minimum Gasteiger partial charge on any atom is -0.366 e. The van der Waals surface area contributed by atoms with Crippen LogP contribution < -0.4 is 5.32 Å². The highest BCUT2D eigenvalue weighted by Gasteiger charge is 2.05. The van der Waals surface area contributed by atoms with E-state index in [1.165, 1.54) is 5.56 Å². The van der Waals surface area contributed by atoms with Crippen LogP contribution in [-0.4, -0.2) is 16.7 Å². The molecule has 3 aromatic rings. The maximum Gasteiger partial charge on any atom is 0.177 e. The van der Waals surface area contributed by atoms with Gasteiger partial charge in [0, 0.05) is 18.9 Å². The number of rotatable bonds is 4. The smallest absolute Gasteiger partial charge is 0.177 e. The molecule has 0 aliphatic heterocycles. The molecule has 0 aliphatic carbocycles. The highest BCUT2D eigenvalue weighted by Crippen LogP contribution is 2.21. The minimum absolute atomic E-state index is 0.805. The van der Waals surface area contributed by atoms with E-state index in [4.69, 9.17) is 4.52 Å². The number of pyridine rings is 1. The van der Waals surface area contributed by atoms with E-state index in [1.54, 1.807) is 12.4 Å². The van der Waals surface area contributed by atoms with Gasteiger partial charge in [-0.3, -0.25) is 4.98 Å². The number of anilines is 1. The third kappa shape index (κ3) is 2.18. The second-order valence-corrected chi connectivity index (χ2v) is 4.06. The van der Waals surface area contributed by atoms with Gasteiger partial charge in [0.25, 0.3) is 0 Å². The van der Waals surface area contributed by atoms with E-state index in [9.17, 15) is 0 Å². The fourth-order valence-electron chi connectivity index (χ4n) is 1.89. The summed E-state index contributed by atoms with van der Waals surface area (Å²) in [6.07, 6.45) is 4.55. The lowest BCUT2D eigenvalue weighted by molar-refractivity contribution is 0.459. The Hall–Kier alpha value is -2.36. The van der Waals surface area contributed by atoms with E-state index in [2.05, 4.69) is 15.5 Å². The summed E-state index contributed by atoms with van der Waals surface area (Å²) in [5, 5.41) is 8.34. The third-order valence-electron chi connectivity index (χ3n) is 2.83. The first-order chi connectivity index (χ1) is 8.93. The second kappa shape index (κ2) is 4.87. The van der Waals surface area contributed by atoms with Gasteiger partial charge in [0.05, 0.1) is 5.39 Å². The van der Waals surface area contributed by atoms with Crippen LogP contribution in [0.2, 0.25) is 0 Å². The molecule has 18 heavy (non-hydrogen) atoms. The lowest BCUT2D eigenvalue weighted by Gasteiger charge is -2.02. The Morgan fingerprint density at radius 1 is 1.06 bits per heavy atom. The van der Waals surface area contributed by atoms with Crippen LogP contribution in [0.3, 0.4) is 0 Å². The minimum atomic E-state index is 0.805. The lowest BCUT2D eigenvalue weighted by atomic mass is 10.2. The molecule has 4 heteroatoms. The van der Waals surface area contributed by atoms with Crippen molar-refractivity contribution in [1.29, 1.82) is 0 Å². The van der Waals surface area contributed by atoms with Crippen molar-refractivity contribution in [2.45, 2.75) is 6.42 Å². The normalized spacial score (nSPS) is 10.7. The molecule has 2 aromatic heterocycles. The van der Waals surface area contributed by atoms with Crippen molar-refractivity contribution in [2.75, 3.05) is 11.9 Å². The van der Waals surface area contributed by atoms with Crippen LogP contribution in [0.15, 0.2) is 53.3 Å². The summed E-state index contributed by atoms with van der Waals surface area (Å²) in [5.41, 5.74) is 2.06. The summed E-state index contributed by atoms with van der Waals surface area (Å²) in [4.78, 5) is 4.00. The molecule has 0 radical (unpaired) electrons. The van der Waals surface area contributed by atoms with Gasteiger partial charge in [0.15, 0.2) is 11.4 Å². The number of hydrogen-bond donors (Lipinski definition) is 1. The van der Waals surface area contributed by atoms with Crippen molar-refractivity contribution >= 4 is 16.8 Å². The van der Waals surface area contributed by atoms with E-state index in [0.717, 1.165) is 29.8 Å². The van der Waals surface area contributed by atoms with Crippen molar-refractivity contribution in [1.82, 2.24) is 10.1 Å². The Morgan fingerprint density at radius 3 is 2.78 bits per heavy atom. The summed E-state index contributed by atoms with van der Waals surface area (Å²) < 4.78 is 5.23. The number of nitrogens with zero attached hydrogens (tertiary/aromatic N) is 2. The van der Waals surface area contributed by atoms with Crippen molar-refractivity contribution in [3.05, 3.63) is 54.4 Å². The fourth-order valence-corrected chi connectivity index (χ4v) is 1.89. The van der Waals surface area contributed by atoms with E-state index < -0.39 is 0 Å². The molecule has 0 fully saturated rings. The Labute approximate surface area is 105 Å². The van der Waals surface area contributed by atoms with Crippen LogP contribution in [0.1, 0.15) is 5.56 Å². The predicted octanol–water partition coefficient (Wildman–Crippen LogP) is 2.88. The number of para-hydroxylation sites is 1. The SMILES string of the molecule is c1ccc2c(NCCc3ccncc3)noc2c1. The zero-order chi connectivity index (χ0) is 12.2. The molecule has 0 saturated carbocycles. The van der Waals surface area contributed by atoms with E-state index in [-0.39, 0.29) is 0 Å². The van der Waals surface area contributed by atoms with Crippen LogP contribution in [0.4, 0.5) is 5.82 Å². The first-order valence-electron chi connectivity index (χ1n) is 5.91. The standard InChI is InChI=1S/C14H13N3O/c1-2-4-13-12(3-1)14(17-18-13)16-10-7-11-5-8-15-9-6-11/h1-6,8-9H,7,10H2,(H,16,17). The van der Waals surface area contributed by atoms with Crippen molar-refractivity contribution in [2.24, 2.45) is 0 Å². The Kier molecular flexibility index (Phi) is 2.92. The fraction of sp³-hybridized carbons (Fsp3) is 0.143. The number of nitrogens with one attached hydrogen (secondary N) is 1. The summed E-state index contributed by atoms with van der Waals surface area (Å²) in [5.74, 6) is 0.805. The van der Waals surface area contributed by atoms with Crippen LogP contribution in [-0.2, 0) is 6.42 Å². The molecule has 0 atom stereocenters. The van der Waals surface area contributed by atoms with Gasteiger partial charge in [-0.2, -0.15) is 0 Å². The molecule has 1 N–H and O–H groups in total. The summed E-state index contributed by atoms with van der Waals surface area (Å²) in [6.45, 7) is 0.820. The predicted molar refractivity (Wildman–Crippen MR) is 70.4 cm³/mol. The highest BCUT2D eigenvalue weighted by molar-refractivity contribution is 5.87. The van der Waals surface area contributed by atoms with Crippen LogP contribution >= 0.6 is 0 Å². The topological polar surface area (TPSA) is 51.0 Å². The maximum atomic E-state index is 5.23. The van der Waals surface area contributed by atoms with Crippen LogP contribution in [0.25, 0.3) is 11.0 Å². The molecule has 0 saturated heterocycles. The molecule has 4 nitrogen and oxygen atoms in total. The quantitative estimate of drug-likeness (QED) is 0.760. The average molecular weight is 239 g/mol. The molecule has 0 amide bonds. The Morgan fingerprint density at radius 2 is 1.89 bits per heavy atom. The van der Waals surface area contributed by atoms with Gasteiger partial charge in [-0.05, 0) is 36.2 Å². The molecular formula is C14H13N3O. The van der Waals surface area contributed by atoms with E-state index in [0.29, 0.717) is 0 Å². The van der Waals surface area contributed by atoms with Crippen LogP contribution in [0, 0.1) is 0 Å². The van der Waals surface area contributed by atoms with E-state index >= 15 is 0 Å². The van der Waals surface area contributed by atoms with Gasteiger partial charge in [0.1, 0.15) is 0 Å². The first kappa shape index (κ1) is 10.8. The van der Waals surface area contributed by atoms with Crippen molar-refractivity contribution < 1.29 is 4.52 Å². The second-order valence-electron chi connectivity index (χ2n) is 4.06. The zero-order valence-corrected chi connectivity index (χ0v) is 9.84. The van der Waals surface area contributed by atoms with Gasteiger partial charge in [-0.15, -0.1) is 0 Å². The van der Waals surface area contributed by atoms with Crippen molar-refractivity contribution in [3.8, 4) is 0 Å². The molecule has 3 rings (SSSR count). The molecule has 0 unspecified atom stereocenters. The Bertz CT molecular complexity index is 634. The monoisotopic (exact) mass is 239 g/mol. The van der Waals surface area contributed by atoms with Gasteiger partial charge >= 0.3 is 0 Å². The van der Waals surface area contributed by atoms with Gasteiger partial charge < -0.3 is 9.84 Å². The Balaban J connectivity index is 1.67. The largest absolute Gasteiger partial charge is 0.366 e. The zero-order valence-electron chi connectivity index (χ0n) is 9.84. The molecule has 0 spiro atoms. The van der Waals surface area contributed by atoms with Gasteiger partial charge in [-0.25, -0.2) is 0 Å². The first-order valence-corrected chi connectivity index (χ1v) is 5.91. The maximum absolute atomic E-state index is 5.23. The number of fused-ring (bicyclic) bond motifs is 1. The molecule has 2 heterocycles.